The van der Waals surface area contributed by atoms with E-state index in [4.69, 9.17) is 9.52 Å². The fourth-order valence-corrected chi connectivity index (χ4v) is 7.01. The number of aryl methyl sites for hydroxylation is 1. The number of rotatable bonds is 10. The zero-order valence-corrected chi connectivity index (χ0v) is 23.0. The lowest BCUT2D eigenvalue weighted by Gasteiger charge is -2.30. The van der Waals surface area contributed by atoms with Crippen molar-refractivity contribution in [2.75, 3.05) is 35.6 Å². The van der Waals surface area contributed by atoms with Crippen molar-refractivity contribution in [1.29, 1.82) is 4.78 Å². The number of hydrogen-bond donors (Lipinski definition) is 2. The average Bonchev–Trinajstić information content (AvgIpc) is 2.82. The number of nitrogens with one attached hydrogen (secondary N) is 2. The molecule has 1 aliphatic rings. The Balaban J connectivity index is 2.00. The first-order valence-electron chi connectivity index (χ1n) is 12.3. The molecule has 1 aliphatic heterocycles. The van der Waals surface area contributed by atoms with Crippen LogP contribution in [0.3, 0.4) is 0 Å². The molecule has 0 bridgehead atoms. The van der Waals surface area contributed by atoms with E-state index in [-0.39, 0.29) is 21.8 Å². The van der Waals surface area contributed by atoms with Crippen LogP contribution in [0.1, 0.15) is 46.1 Å². The quantitative estimate of drug-likeness (QED) is 0.438. The number of sulfonamides is 1. The van der Waals surface area contributed by atoms with Gasteiger partial charge in [-0.1, -0.05) is 32.9 Å². The molecular weight excluding hydrogens is 482 g/mol. The van der Waals surface area contributed by atoms with Crippen LogP contribution in [0.2, 0.25) is 0 Å². The highest BCUT2D eigenvalue weighted by Crippen LogP contribution is 2.32. The van der Waals surface area contributed by atoms with Crippen LogP contribution in [0, 0.1) is 16.6 Å². The standard InChI is InChI=1S/C26H39N3O4S2/c1-6-21-7-9-23(10-8-21)29(18-19(2)3)35(31,32)24-11-12-25(26(17-24)34(5,27)30)28-20(4)22-13-15-33-16-14-22/h7-12,17,19-20,22,27-28H,6,13-16,18H2,1-5H3/t20-,34?/m1/s1. The van der Waals surface area contributed by atoms with Crippen molar-refractivity contribution < 1.29 is 17.4 Å². The third-order valence-electron chi connectivity index (χ3n) is 6.48. The lowest BCUT2D eigenvalue weighted by atomic mass is 9.93. The van der Waals surface area contributed by atoms with Crippen LogP contribution in [0.15, 0.2) is 52.3 Å². The van der Waals surface area contributed by atoms with Crippen molar-refractivity contribution in [3.8, 4) is 0 Å². The molecule has 0 aromatic heterocycles. The molecule has 1 heterocycles. The van der Waals surface area contributed by atoms with Gasteiger partial charge in [0.05, 0.1) is 30.9 Å². The van der Waals surface area contributed by atoms with E-state index < -0.39 is 19.8 Å². The Labute approximate surface area is 211 Å². The summed E-state index contributed by atoms with van der Waals surface area (Å²) in [5.41, 5.74) is 2.27. The second kappa shape index (κ2) is 11.3. The molecule has 2 N–H and O–H groups in total. The van der Waals surface area contributed by atoms with Crippen LogP contribution in [0.5, 0.6) is 0 Å². The van der Waals surface area contributed by atoms with Gasteiger partial charge in [0.15, 0.2) is 0 Å². The summed E-state index contributed by atoms with van der Waals surface area (Å²) in [6, 6.07) is 12.2. The molecule has 7 nitrogen and oxygen atoms in total. The first-order chi connectivity index (χ1) is 16.4. The van der Waals surface area contributed by atoms with E-state index in [1.54, 1.807) is 12.1 Å². The summed E-state index contributed by atoms with van der Waals surface area (Å²) < 4.78 is 55.7. The highest BCUT2D eigenvalue weighted by molar-refractivity contribution is 7.93. The van der Waals surface area contributed by atoms with Gasteiger partial charge in [-0.15, -0.1) is 0 Å². The fraction of sp³-hybridized carbons (Fsp3) is 0.538. The molecule has 0 saturated carbocycles. The maximum Gasteiger partial charge on any atom is 0.264 e. The Morgan fingerprint density at radius 3 is 2.23 bits per heavy atom. The number of nitrogens with zero attached hydrogens (tertiary/aromatic N) is 1. The minimum atomic E-state index is -3.94. The van der Waals surface area contributed by atoms with Crippen molar-refractivity contribution in [2.24, 2.45) is 11.8 Å². The Hall–Kier alpha value is -2.10. The monoisotopic (exact) mass is 521 g/mol. The van der Waals surface area contributed by atoms with E-state index in [9.17, 15) is 12.6 Å². The van der Waals surface area contributed by atoms with E-state index in [1.165, 1.54) is 16.6 Å². The second-order valence-electron chi connectivity index (χ2n) is 9.83. The Morgan fingerprint density at radius 2 is 1.69 bits per heavy atom. The summed E-state index contributed by atoms with van der Waals surface area (Å²) in [6.45, 7) is 9.82. The fourth-order valence-electron chi connectivity index (χ4n) is 4.38. The third kappa shape index (κ3) is 6.77. The van der Waals surface area contributed by atoms with Crippen LogP contribution < -0.4 is 9.62 Å². The van der Waals surface area contributed by atoms with Gasteiger partial charge < -0.3 is 10.1 Å². The molecule has 2 aromatic carbocycles. The molecule has 0 radical (unpaired) electrons. The van der Waals surface area contributed by atoms with Gasteiger partial charge in [0.2, 0.25) is 0 Å². The van der Waals surface area contributed by atoms with Crippen molar-refractivity contribution in [2.45, 2.75) is 62.8 Å². The van der Waals surface area contributed by atoms with Gasteiger partial charge in [-0.2, -0.15) is 0 Å². The number of hydrogen-bond acceptors (Lipinski definition) is 6. The van der Waals surface area contributed by atoms with Crippen molar-refractivity contribution in [3.63, 3.8) is 0 Å². The highest BCUT2D eigenvalue weighted by Gasteiger charge is 2.28. The smallest absolute Gasteiger partial charge is 0.264 e. The molecule has 194 valence electrons. The average molecular weight is 522 g/mol. The van der Waals surface area contributed by atoms with Gasteiger partial charge in [0.25, 0.3) is 10.0 Å². The van der Waals surface area contributed by atoms with Gasteiger partial charge in [-0.05, 0) is 73.9 Å². The molecular formula is C26H39N3O4S2. The first kappa shape index (κ1) is 27.5. The van der Waals surface area contributed by atoms with Crippen molar-refractivity contribution >= 4 is 31.1 Å². The van der Waals surface area contributed by atoms with Crippen LogP contribution in [0.25, 0.3) is 0 Å². The number of benzene rings is 2. The predicted octanol–water partition coefficient (Wildman–Crippen LogP) is 5.36. The molecule has 1 saturated heterocycles. The van der Waals surface area contributed by atoms with Crippen LogP contribution in [-0.2, 0) is 30.9 Å². The van der Waals surface area contributed by atoms with Crippen molar-refractivity contribution in [3.05, 3.63) is 48.0 Å². The normalized spacial score (nSPS) is 17.7. The van der Waals surface area contributed by atoms with Crippen LogP contribution in [0.4, 0.5) is 11.4 Å². The second-order valence-corrected chi connectivity index (χ2v) is 13.8. The van der Waals surface area contributed by atoms with E-state index in [0.29, 0.717) is 37.1 Å². The molecule has 0 aliphatic carbocycles. The minimum Gasteiger partial charge on any atom is -0.381 e. The molecule has 1 unspecified atom stereocenters. The SMILES string of the molecule is CCc1ccc(N(CC(C)C)S(=O)(=O)c2ccc(N[C@H](C)C3CCOCC3)c(S(C)(=N)=O)c2)cc1. The minimum absolute atomic E-state index is 0.0406. The molecule has 2 aromatic rings. The Kier molecular flexibility index (Phi) is 8.88. The molecule has 35 heavy (non-hydrogen) atoms. The van der Waals surface area contributed by atoms with E-state index >= 15 is 0 Å². The predicted molar refractivity (Wildman–Crippen MR) is 143 cm³/mol. The summed E-state index contributed by atoms with van der Waals surface area (Å²) >= 11 is 0. The zero-order valence-electron chi connectivity index (χ0n) is 21.4. The first-order valence-corrected chi connectivity index (χ1v) is 15.7. The Bertz CT molecular complexity index is 1200. The van der Waals surface area contributed by atoms with E-state index in [0.717, 1.165) is 24.8 Å². The van der Waals surface area contributed by atoms with E-state index in [1.807, 2.05) is 38.1 Å². The molecule has 3 rings (SSSR count). The van der Waals surface area contributed by atoms with Gasteiger partial charge >= 0.3 is 0 Å². The molecule has 0 spiro atoms. The van der Waals surface area contributed by atoms with Crippen LogP contribution >= 0.6 is 0 Å². The third-order valence-corrected chi connectivity index (χ3v) is 9.45. The van der Waals surface area contributed by atoms with Crippen molar-refractivity contribution in [1.82, 2.24) is 0 Å². The van der Waals surface area contributed by atoms with Gasteiger partial charge in [0, 0.05) is 32.1 Å². The number of anilines is 2. The maximum atomic E-state index is 13.8. The summed E-state index contributed by atoms with van der Waals surface area (Å²) in [5.74, 6) is 0.495. The maximum absolute atomic E-state index is 13.8. The number of ether oxygens (including phenoxy) is 1. The highest BCUT2D eigenvalue weighted by atomic mass is 32.2. The molecule has 9 heteroatoms. The summed E-state index contributed by atoms with van der Waals surface area (Å²) in [5, 5.41) is 3.41. The molecule has 2 atom stereocenters. The summed E-state index contributed by atoms with van der Waals surface area (Å²) in [4.78, 5) is 0.252. The van der Waals surface area contributed by atoms with Gasteiger partial charge in [0.1, 0.15) is 0 Å². The lowest BCUT2D eigenvalue weighted by molar-refractivity contribution is 0.0622. The topological polar surface area (TPSA) is 99.6 Å². The zero-order chi connectivity index (χ0) is 25.8. The van der Waals surface area contributed by atoms with E-state index in [2.05, 4.69) is 19.2 Å². The van der Waals surface area contributed by atoms with Gasteiger partial charge in [-0.25, -0.2) is 17.4 Å². The summed E-state index contributed by atoms with van der Waals surface area (Å²) in [7, 11) is -7.12. The lowest BCUT2D eigenvalue weighted by Crippen LogP contribution is -2.34. The summed E-state index contributed by atoms with van der Waals surface area (Å²) in [6.07, 6.45) is 4.06. The Morgan fingerprint density at radius 1 is 1.06 bits per heavy atom. The largest absolute Gasteiger partial charge is 0.381 e. The molecule has 0 amide bonds. The van der Waals surface area contributed by atoms with Crippen LogP contribution in [-0.4, -0.2) is 44.7 Å². The molecule has 1 fully saturated rings. The van der Waals surface area contributed by atoms with Gasteiger partial charge in [-0.3, -0.25) is 4.31 Å².